The van der Waals surface area contributed by atoms with Crippen LogP contribution >= 0.6 is 11.8 Å². The number of β-lactam (4-membered cyclic amide) rings is 1. The lowest BCUT2D eigenvalue weighted by atomic mass is 9.83. The highest BCUT2D eigenvalue weighted by atomic mass is 32.2. The van der Waals surface area contributed by atoms with E-state index in [2.05, 4.69) is 5.32 Å². The summed E-state index contributed by atoms with van der Waals surface area (Å²) in [5.41, 5.74) is 0.482. The number of thioether (sulfide) groups is 1. The van der Waals surface area contributed by atoms with Crippen molar-refractivity contribution >= 4 is 35.4 Å². The molecule has 2 amide bonds. The van der Waals surface area contributed by atoms with Crippen molar-refractivity contribution < 1.29 is 34.3 Å². The monoisotopic (exact) mass is 451 g/mol. The normalized spacial score (nSPS) is 20.7. The fourth-order valence-corrected chi connectivity index (χ4v) is 4.66. The molecule has 0 spiro atoms. The summed E-state index contributed by atoms with van der Waals surface area (Å²) in [6.45, 7) is 1.67. The van der Waals surface area contributed by atoms with Gasteiger partial charge in [-0.15, -0.1) is 11.8 Å². The van der Waals surface area contributed by atoms with Gasteiger partial charge in [0.25, 0.3) is 5.69 Å². The Morgan fingerprint density at radius 3 is 2.65 bits per heavy atom. The van der Waals surface area contributed by atoms with Crippen LogP contribution in [0.4, 0.5) is 10.5 Å². The summed E-state index contributed by atoms with van der Waals surface area (Å²) in [5, 5.41) is 32.4. The second-order valence-corrected chi connectivity index (χ2v) is 8.29. The third-order valence-electron chi connectivity index (χ3n) is 5.06. The first-order valence-electron chi connectivity index (χ1n) is 9.45. The molecule has 3 rings (SSSR count). The van der Waals surface area contributed by atoms with Crippen LogP contribution in [0.3, 0.4) is 0 Å². The summed E-state index contributed by atoms with van der Waals surface area (Å²) in [7, 11) is 0. The summed E-state index contributed by atoms with van der Waals surface area (Å²) >= 11 is 1.23. The molecule has 0 unspecified atom stereocenters. The molecule has 166 valence electrons. The Bertz CT molecular complexity index is 931. The van der Waals surface area contributed by atoms with Gasteiger partial charge in [-0.25, -0.2) is 9.59 Å². The smallest absolute Gasteiger partial charge is 0.407 e. The zero-order chi connectivity index (χ0) is 22.7. The SMILES string of the molecule is C[C@H](O)[C@@H]1C(=O)N2C(C(=O)O)=C(SCCNC(=O)OCc3ccc([N+](=O)[O-])cc3)C[C@H]12. The third-order valence-corrected chi connectivity index (χ3v) is 6.17. The van der Waals surface area contributed by atoms with Crippen molar-refractivity contribution in [2.24, 2.45) is 5.92 Å². The lowest BCUT2D eigenvalue weighted by Gasteiger charge is -2.44. The van der Waals surface area contributed by atoms with E-state index in [1.54, 1.807) is 0 Å². The average Bonchev–Trinajstić information content (AvgIpc) is 3.04. The van der Waals surface area contributed by atoms with Gasteiger partial charge in [0.05, 0.1) is 23.0 Å². The van der Waals surface area contributed by atoms with Crippen molar-refractivity contribution in [2.45, 2.75) is 32.1 Å². The number of carboxylic acids is 1. The Hall–Kier alpha value is -3.12. The third kappa shape index (κ3) is 4.80. The highest BCUT2D eigenvalue weighted by Gasteiger charge is 2.56. The van der Waals surface area contributed by atoms with Gasteiger partial charge in [-0.3, -0.25) is 14.9 Å². The molecule has 0 aromatic heterocycles. The van der Waals surface area contributed by atoms with Crippen molar-refractivity contribution in [3.05, 3.63) is 50.5 Å². The van der Waals surface area contributed by atoms with E-state index >= 15 is 0 Å². The number of carbonyl (C=O) groups excluding carboxylic acids is 2. The molecule has 3 atom stereocenters. The number of ether oxygens (including phenoxy) is 1. The van der Waals surface area contributed by atoms with E-state index in [9.17, 15) is 34.7 Å². The van der Waals surface area contributed by atoms with Crippen molar-refractivity contribution in [3.8, 4) is 0 Å². The van der Waals surface area contributed by atoms with Crippen LogP contribution in [0.1, 0.15) is 18.9 Å². The number of non-ortho nitro benzene ring substituents is 1. The average molecular weight is 451 g/mol. The molecule has 31 heavy (non-hydrogen) atoms. The summed E-state index contributed by atoms with van der Waals surface area (Å²) in [4.78, 5) is 47.4. The Labute approximate surface area is 181 Å². The van der Waals surface area contributed by atoms with Crippen LogP contribution in [-0.4, -0.2) is 62.4 Å². The van der Waals surface area contributed by atoms with E-state index in [0.717, 1.165) is 0 Å². The van der Waals surface area contributed by atoms with Crippen LogP contribution in [0.15, 0.2) is 34.9 Å². The van der Waals surface area contributed by atoms with Gasteiger partial charge in [0.1, 0.15) is 12.3 Å². The maximum absolute atomic E-state index is 12.2. The molecule has 11 nitrogen and oxygen atoms in total. The minimum atomic E-state index is -1.20. The van der Waals surface area contributed by atoms with Crippen molar-refractivity contribution in [1.82, 2.24) is 10.2 Å². The van der Waals surface area contributed by atoms with Gasteiger partial charge in [0.2, 0.25) is 5.91 Å². The number of rotatable bonds is 9. The minimum Gasteiger partial charge on any atom is -0.477 e. The number of hydrogen-bond acceptors (Lipinski definition) is 8. The van der Waals surface area contributed by atoms with Gasteiger partial charge in [0.15, 0.2) is 0 Å². The summed E-state index contributed by atoms with van der Waals surface area (Å²) in [6.07, 6.45) is -1.16. The first-order chi connectivity index (χ1) is 14.7. The van der Waals surface area contributed by atoms with E-state index in [-0.39, 0.29) is 36.5 Å². The lowest BCUT2D eigenvalue weighted by molar-refractivity contribution is -0.384. The molecular weight excluding hydrogens is 430 g/mol. The molecule has 0 aliphatic carbocycles. The highest BCUT2D eigenvalue weighted by Crippen LogP contribution is 2.46. The largest absolute Gasteiger partial charge is 0.477 e. The van der Waals surface area contributed by atoms with E-state index in [0.29, 0.717) is 22.6 Å². The number of aliphatic hydroxyl groups excluding tert-OH is 1. The molecule has 0 saturated carbocycles. The van der Waals surface area contributed by atoms with Crippen LogP contribution in [0.2, 0.25) is 0 Å². The fraction of sp³-hybridized carbons (Fsp3) is 0.421. The van der Waals surface area contributed by atoms with Gasteiger partial charge in [0, 0.05) is 35.8 Å². The maximum atomic E-state index is 12.2. The predicted molar refractivity (Wildman–Crippen MR) is 109 cm³/mol. The standard InChI is InChI=1S/C19H21N3O8S/c1-10(23)15-13-8-14(16(18(25)26)21(13)17(15)24)31-7-6-20-19(27)30-9-11-2-4-12(5-3-11)22(28)29/h2-5,10,13,15,23H,6-9H2,1H3,(H,20,27)(H,25,26)/t10-,13+,15-/m0/s1. The van der Waals surface area contributed by atoms with E-state index in [4.69, 9.17) is 4.74 Å². The van der Waals surface area contributed by atoms with Gasteiger partial charge in [-0.05, 0) is 24.6 Å². The first-order valence-corrected chi connectivity index (χ1v) is 10.4. The number of nitro groups is 1. The van der Waals surface area contributed by atoms with Gasteiger partial charge in [-0.2, -0.15) is 0 Å². The minimum absolute atomic E-state index is 0.0508. The number of carbonyl (C=O) groups is 3. The quantitative estimate of drug-likeness (QED) is 0.219. The number of fused-ring (bicyclic) bond motifs is 1. The Kier molecular flexibility index (Phi) is 6.81. The summed E-state index contributed by atoms with van der Waals surface area (Å²) in [6, 6.07) is 5.28. The molecule has 2 aliphatic rings. The van der Waals surface area contributed by atoms with Gasteiger partial charge in [-0.1, -0.05) is 0 Å². The number of aliphatic carboxylic acids is 1. The van der Waals surface area contributed by atoms with Gasteiger partial charge < -0.3 is 25.2 Å². The molecule has 0 radical (unpaired) electrons. The van der Waals surface area contributed by atoms with Gasteiger partial charge >= 0.3 is 12.1 Å². The lowest BCUT2D eigenvalue weighted by Crippen LogP contribution is -2.61. The van der Waals surface area contributed by atoms with E-state index < -0.39 is 29.0 Å². The second-order valence-electron chi connectivity index (χ2n) is 7.10. The molecule has 3 N–H and O–H groups in total. The molecule has 2 heterocycles. The second kappa shape index (κ2) is 9.35. The van der Waals surface area contributed by atoms with Crippen LogP contribution in [0, 0.1) is 16.0 Å². The van der Waals surface area contributed by atoms with E-state index in [1.165, 1.54) is 47.9 Å². The van der Waals surface area contributed by atoms with Crippen molar-refractivity contribution in [3.63, 3.8) is 0 Å². The number of benzene rings is 1. The molecule has 0 bridgehead atoms. The van der Waals surface area contributed by atoms with Crippen LogP contribution in [-0.2, 0) is 20.9 Å². The Morgan fingerprint density at radius 2 is 2.06 bits per heavy atom. The molecular formula is C19H21N3O8S. The Balaban J connectivity index is 1.44. The summed E-state index contributed by atoms with van der Waals surface area (Å²) in [5.74, 6) is -1.81. The number of amides is 2. The highest BCUT2D eigenvalue weighted by molar-refractivity contribution is 8.03. The predicted octanol–water partition coefficient (Wildman–Crippen LogP) is 1.46. The van der Waals surface area contributed by atoms with Crippen molar-refractivity contribution in [2.75, 3.05) is 12.3 Å². The number of alkyl carbamates (subject to hydrolysis) is 1. The van der Waals surface area contributed by atoms with E-state index in [1.807, 2.05) is 0 Å². The zero-order valence-corrected chi connectivity index (χ0v) is 17.3. The topological polar surface area (TPSA) is 159 Å². The van der Waals surface area contributed by atoms with Crippen molar-refractivity contribution in [1.29, 1.82) is 0 Å². The van der Waals surface area contributed by atoms with Crippen LogP contribution in [0.5, 0.6) is 0 Å². The molecule has 1 saturated heterocycles. The zero-order valence-electron chi connectivity index (χ0n) is 16.5. The molecule has 12 heteroatoms. The molecule has 1 aromatic carbocycles. The Morgan fingerprint density at radius 1 is 1.39 bits per heavy atom. The number of nitrogens with one attached hydrogen (secondary N) is 1. The number of aliphatic hydroxyl groups is 1. The number of hydrogen-bond donors (Lipinski definition) is 3. The van der Waals surface area contributed by atoms with Crippen LogP contribution < -0.4 is 5.32 Å². The maximum Gasteiger partial charge on any atom is 0.407 e. The molecule has 1 aromatic rings. The fourth-order valence-electron chi connectivity index (χ4n) is 3.60. The number of carboxylic acid groups (broad SMARTS) is 1. The number of nitrogens with zero attached hydrogens (tertiary/aromatic N) is 2. The summed E-state index contributed by atoms with van der Waals surface area (Å²) < 4.78 is 5.04. The molecule has 1 fully saturated rings. The van der Waals surface area contributed by atoms with Crippen LogP contribution in [0.25, 0.3) is 0 Å². The first kappa shape index (κ1) is 22.6. The molecule has 2 aliphatic heterocycles. The number of nitro benzene ring substituents is 1.